The number of hydrogen-bond donors (Lipinski definition) is 2. The Kier molecular flexibility index (Phi) is 4.58. The summed E-state index contributed by atoms with van der Waals surface area (Å²) >= 11 is 0. The van der Waals surface area contributed by atoms with Crippen LogP contribution in [0, 0.1) is 5.41 Å². The standard InChI is InChI=1S/C25H25FN6O/c26-25-14-24(15-25,16-25)17-28-8-18-3-4-22-30-20(13-32(22)12-18)10-29-23(33)19-7-21(11-27-9-19)31-5-1-2-6-31/h1-7,9,11-13,28H,8,10,14-17H2,(H,29,33). The van der Waals surface area contributed by atoms with Gasteiger partial charge < -0.3 is 19.6 Å². The molecule has 4 aromatic heterocycles. The minimum absolute atomic E-state index is 0.192. The number of aromatic nitrogens is 4. The highest BCUT2D eigenvalue weighted by atomic mass is 19.1. The Morgan fingerprint density at radius 1 is 1.09 bits per heavy atom. The van der Waals surface area contributed by atoms with E-state index in [0.29, 0.717) is 12.1 Å². The van der Waals surface area contributed by atoms with E-state index in [1.807, 2.05) is 58.0 Å². The largest absolute Gasteiger partial charge is 0.346 e. The van der Waals surface area contributed by atoms with Gasteiger partial charge >= 0.3 is 0 Å². The van der Waals surface area contributed by atoms with Crippen LogP contribution in [0.5, 0.6) is 0 Å². The zero-order chi connectivity index (χ0) is 22.5. The Bertz CT molecular complexity index is 1310. The summed E-state index contributed by atoms with van der Waals surface area (Å²) in [7, 11) is 0. The van der Waals surface area contributed by atoms with E-state index in [1.165, 1.54) is 0 Å². The molecule has 3 fully saturated rings. The summed E-state index contributed by atoms with van der Waals surface area (Å²) in [6, 6.07) is 9.69. The van der Waals surface area contributed by atoms with E-state index in [9.17, 15) is 9.18 Å². The van der Waals surface area contributed by atoms with E-state index in [4.69, 9.17) is 0 Å². The Morgan fingerprint density at radius 2 is 1.91 bits per heavy atom. The van der Waals surface area contributed by atoms with E-state index in [1.54, 1.807) is 12.4 Å². The Balaban J connectivity index is 1.06. The third-order valence-electron chi connectivity index (χ3n) is 6.79. The van der Waals surface area contributed by atoms with Crippen LogP contribution in [-0.2, 0) is 13.1 Å². The van der Waals surface area contributed by atoms with Crippen LogP contribution in [-0.4, -0.2) is 37.1 Å². The highest BCUT2D eigenvalue weighted by molar-refractivity contribution is 5.94. The van der Waals surface area contributed by atoms with Crippen molar-refractivity contribution < 1.29 is 9.18 Å². The van der Waals surface area contributed by atoms with Crippen molar-refractivity contribution in [1.29, 1.82) is 0 Å². The van der Waals surface area contributed by atoms with Crippen LogP contribution in [0.2, 0.25) is 0 Å². The topological polar surface area (TPSA) is 76.2 Å². The summed E-state index contributed by atoms with van der Waals surface area (Å²) in [6.45, 7) is 1.94. The van der Waals surface area contributed by atoms with Gasteiger partial charge in [0.1, 0.15) is 11.3 Å². The average Bonchev–Trinajstić information content (AvgIpc) is 3.45. The number of pyridine rings is 2. The number of amides is 1. The molecule has 7 nitrogen and oxygen atoms in total. The molecule has 4 heterocycles. The monoisotopic (exact) mass is 444 g/mol. The first-order valence-electron chi connectivity index (χ1n) is 11.2. The van der Waals surface area contributed by atoms with Gasteiger partial charge in [0.05, 0.1) is 29.7 Å². The van der Waals surface area contributed by atoms with Gasteiger partial charge in [-0.2, -0.15) is 0 Å². The van der Waals surface area contributed by atoms with Gasteiger partial charge in [0.2, 0.25) is 0 Å². The van der Waals surface area contributed by atoms with Crippen molar-refractivity contribution in [1.82, 2.24) is 29.6 Å². The summed E-state index contributed by atoms with van der Waals surface area (Å²) in [5.41, 5.74) is 3.45. The van der Waals surface area contributed by atoms with Crippen molar-refractivity contribution in [3.05, 3.63) is 84.3 Å². The molecule has 0 spiro atoms. The molecule has 0 saturated heterocycles. The van der Waals surface area contributed by atoms with Gasteiger partial charge in [0.25, 0.3) is 5.91 Å². The van der Waals surface area contributed by atoms with E-state index < -0.39 is 5.67 Å². The molecule has 168 valence electrons. The summed E-state index contributed by atoms with van der Waals surface area (Å²) in [5, 5.41) is 6.41. The fourth-order valence-corrected chi connectivity index (χ4v) is 5.27. The lowest BCUT2D eigenvalue weighted by Gasteiger charge is -2.66. The number of alkyl halides is 1. The fraction of sp³-hybridized carbons (Fsp3) is 0.320. The molecular formula is C25H25FN6O. The summed E-state index contributed by atoms with van der Waals surface area (Å²) in [6.07, 6.45) is 13.2. The number of imidazole rings is 1. The van der Waals surface area contributed by atoms with Gasteiger partial charge in [-0.3, -0.25) is 9.78 Å². The number of fused-ring (bicyclic) bond motifs is 1. The molecule has 0 aromatic carbocycles. The highest BCUT2D eigenvalue weighted by Gasteiger charge is 2.68. The fourth-order valence-electron chi connectivity index (χ4n) is 5.27. The Hall–Kier alpha value is -3.52. The number of nitrogens with one attached hydrogen (secondary N) is 2. The second-order valence-corrected chi connectivity index (χ2v) is 9.52. The quantitative estimate of drug-likeness (QED) is 0.437. The lowest BCUT2D eigenvalue weighted by Crippen LogP contribution is -2.67. The molecule has 0 aliphatic heterocycles. The van der Waals surface area contributed by atoms with Crippen LogP contribution in [0.4, 0.5) is 4.39 Å². The van der Waals surface area contributed by atoms with Crippen molar-refractivity contribution in [3.8, 4) is 5.69 Å². The second kappa shape index (κ2) is 7.52. The predicted molar refractivity (Wildman–Crippen MR) is 122 cm³/mol. The van der Waals surface area contributed by atoms with Crippen LogP contribution in [0.15, 0.2) is 67.5 Å². The minimum atomic E-state index is -0.842. The van der Waals surface area contributed by atoms with Crippen molar-refractivity contribution in [2.75, 3.05) is 6.54 Å². The lowest BCUT2D eigenvalue weighted by atomic mass is 9.42. The average molecular weight is 445 g/mol. The third kappa shape index (κ3) is 3.80. The molecule has 0 atom stereocenters. The molecule has 0 unspecified atom stereocenters. The van der Waals surface area contributed by atoms with Crippen LogP contribution in [0.1, 0.15) is 40.9 Å². The number of hydrogen-bond acceptors (Lipinski definition) is 4. The van der Waals surface area contributed by atoms with E-state index in [0.717, 1.165) is 54.9 Å². The molecule has 4 aromatic rings. The molecule has 8 heteroatoms. The number of carbonyl (C=O) groups excluding carboxylic acids is 1. The molecule has 1 amide bonds. The van der Waals surface area contributed by atoms with Gasteiger partial charge in [0, 0.05) is 44.1 Å². The summed E-state index contributed by atoms with van der Waals surface area (Å²) in [5.74, 6) is -0.192. The molecule has 7 rings (SSSR count). The van der Waals surface area contributed by atoms with Gasteiger partial charge in [-0.05, 0) is 54.5 Å². The van der Waals surface area contributed by atoms with Crippen molar-refractivity contribution in [3.63, 3.8) is 0 Å². The first-order valence-corrected chi connectivity index (χ1v) is 11.2. The van der Waals surface area contributed by atoms with Gasteiger partial charge in [-0.1, -0.05) is 6.07 Å². The normalized spacial score (nSPS) is 23.2. The number of rotatable bonds is 8. The molecule has 33 heavy (non-hydrogen) atoms. The van der Waals surface area contributed by atoms with E-state index >= 15 is 0 Å². The smallest absolute Gasteiger partial charge is 0.253 e. The van der Waals surface area contributed by atoms with Crippen molar-refractivity contribution in [2.24, 2.45) is 5.41 Å². The van der Waals surface area contributed by atoms with E-state index in [-0.39, 0.29) is 11.3 Å². The van der Waals surface area contributed by atoms with Gasteiger partial charge in [0.15, 0.2) is 0 Å². The molecule has 2 N–H and O–H groups in total. The Morgan fingerprint density at radius 3 is 2.70 bits per heavy atom. The van der Waals surface area contributed by atoms with Crippen LogP contribution in [0.25, 0.3) is 11.3 Å². The summed E-state index contributed by atoms with van der Waals surface area (Å²) in [4.78, 5) is 21.4. The SMILES string of the molecule is O=C(NCc1cn2cc(CNCC34CC(F)(C3)C4)ccc2n1)c1cncc(-n2cccc2)c1. The van der Waals surface area contributed by atoms with Gasteiger partial charge in [-0.25, -0.2) is 9.37 Å². The highest BCUT2D eigenvalue weighted by Crippen LogP contribution is 2.69. The zero-order valence-corrected chi connectivity index (χ0v) is 18.2. The predicted octanol–water partition coefficient (Wildman–Crippen LogP) is 3.43. The molecule has 3 aliphatic carbocycles. The molecule has 2 bridgehead atoms. The molecular weight excluding hydrogens is 419 g/mol. The van der Waals surface area contributed by atoms with Gasteiger partial charge in [-0.15, -0.1) is 0 Å². The third-order valence-corrected chi connectivity index (χ3v) is 6.79. The zero-order valence-electron chi connectivity index (χ0n) is 18.2. The number of nitrogens with zero attached hydrogens (tertiary/aromatic N) is 4. The maximum atomic E-state index is 13.7. The molecule has 3 aliphatic rings. The number of carbonyl (C=O) groups is 1. The Labute approximate surface area is 190 Å². The maximum Gasteiger partial charge on any atom is 0.253 e. The van der Waals surface area contributed by atoms with Crippen molar-refractivity contribution in [2.45, 2.75) is 38.0 Å². The lowest BCUT2D eigenvalue weighted by molar-refractivity contribution is -0.209. The second-order valence-electron chi connectivity index (χ2n) is 9.52. The first-order chi connectivity index (χ1) is 16.0. The molecule has 0 radical (unpaired) electrons. The van der Waals surface area contributed by atoms with Crippen LogP contribution < -0.4 is 10.6 Å². The maximum absolute atomic E-state index is 13.7. The minimum Gasteiger partial charge on any atom is -0.346 e. The first kappa shape index (κ1) is 20.1. The molecule has 3 saturated carbocycles. The van der Waals surface area contributed by atoms with Crippen LogP contribution in [0.3, 0.4) is 0 Å². The van der Waals surface area contributed by atoms with Crippen molar-refractivity contribution >= 4 is 11.6 Å². The summed E-state index contributed by atoms with van der Waals surface area (Å²) < 4.78 is 17.5. The number of halogens is 1. The van der Waals surface area contributed by atoms with Crippen LogP contribution >= 0.6 is 0 Å². The van der Waals surface area contributed by atoms with E-state index in [2.05, 4.69) is 26.7 Å².